The first-order chi connectivity index (χ1) is 10.7. The lowest BCUT2D eigenvalue weighted by atomic mass is 9.78. The third-order valence-electron chi connectivity index (χ3n) is 5.93. The molecule has 1 saturated carbocycles. The lowest BCUT2D eigenvalue weighted by Crippen LogP contribution is -2.69. The molecule has 3 saturated heterocycles. The largest absolute Gasteiger partial charge is 0.304 e. The van der Waals surface area contributed by atoms with Crippen LogP contribution in [-0.4, -0.2) is 84.7 Å². The summed E-state index contributed by atoms with van der Waals surface area (Å²) >= 11 is 1.84. The highest BCUT2D eigenvalue weighted by molar-refractivity contribution is 7.99. The van der Waals surface area contributed by atoms with Crippen molar-refractivity contribution in [3.63, 3.8) is 0 Å². The number of thioether (sulfide) groups is 1. The minimum absolute atomic E-state index is 0.298. The average molecular weight is 327 g/mol. The zero-order chi connectivity index (χ0) is 15.1. The number of fused-ring (bicyclic) bond motifs is 2. The number of rotatable bonds is 2. The van der Waals surface area contributed by atoms with Gasteiger partial charge >= 0.3 is 0 Å². The predicted molar refractivity (Wildman–Crippen MR) is 91.2 cm³/mol. The molecule has 0 aromatic heterocycles. The number of piperazine rings is 1. The number of hydrogen-bond acceptors (Lipinski definition) is 7. The maximum absolute atomic E-state index is 3.92. The van der Waals surface area contributed by atoms with Gasteiger partial charge in [0.05, 0.1) is 0 Å². The van der Waals surface area contributed by atoms with E-state index >= 15 is 0 Å². The van der Waals surface area contributed by atoms with Gasteiger partial charge in [-0.25, -0.2) is 10.4 Å². The van der Waals surface area contributed by atoms with E-state index in [9.17, 15) is 0 Å². The standard InChI is InChI=1S/C15H30N6S/c1-19-6-8-20(9-7-19)12-5-3-4-11-10-21-14(16-13(11)12)17-15(18-21)22-2/h11-18H,3-10H2,1-2H3. The van der Waals surface area contributed by atoms with Gasteiger partial charge in [0.1, 0.15) is 11.8 Å². The van der Waals surface area contributed by atoms with Gasteiger partial charge in [-0.15, -0.1) is 11.8 Å². The second kappa shape index (κ2) is 6.55. The van der Waals surface area contributed by atoms with Crippen LogP contribution >= 0.6 is 11.8 Å². The van der Waals surface area contributed by atoms with Crippen LogP contribution in [0.3, 0.4) is 0 Å². The van der Waals surface area contributed by atoms with Gasteiger partial charge in [-0.05, 0) is 32.1 Å². The molecule has 1 aliphatic carbocycles. The molecule has 3 aliphatic heterocycles. The van der Waals surface area contributed by atoms with Crippen molar-refractivity contribution in [2.75, 3.05) is 46.0 Å². The Bertz CT molecular complexity index is 388. The highest BCUT2D eigenvalue weighted by Gasteiger charge is 2.46. The SMILES string of the molecule is CSC1NC2NC3C(CCCC3N3CCN(C)CC3)CN2N1. The second-order valence-electron chi connectivity index (χ2n) is 7.26. The van der Waals surface area contributed by atoms with Crippen LogP contribution in [0.4, 0.5) is 0 Å². The zero-order valence-electron chi connectivity index (χ0n) is 13.8. The highest BCUT2D eigenvalue weighted by atomic mass is 32.2. The summed E-state index contributed by atoms with van der Waals surface area (Å²) in [5.41, 5.74) is 3.93. The quantitative estimate of drug-likeness (QED) is 0.645. The van der Waals surface area contributed by atoms with E-state index in [2.05, 4.69) is 44.2 Å². The molecule has 0 radical (unpaired) electrons. The van der Waals surface area contributed by atoms with Gasteiger partial charge in [0, 0.05) is 44.8 Å². The van der Waals surface area contributed by atoms with Crippen LogP contribution in [0.5, 0.6) is 0 Å². The van der Waals surface area contributed by atoms with Crippen molar-refractivity contribution < 1.29 is 0 Å². The van der Waals surface area contributed by atoms with Gasteiger partial charge in [0.15, 0.2) is 0 Å². The molecule has 4 rings (SSSR count). The summed E-state index contributed by atoms with van der Waals surface area (Å²) in [6, 6.07) is 1.37. The Kier molecular flexibility index (Phi) is 4.65. The van der Waals surface area contributed by atoms with Crippen molar-refractivity contribution in [3.05, 3.63) is 0 Å². The van der Waals surface area contributed by atoms with Crippen molar-refractivity contribution >= 4 is 11.8 Å². The first-order valence-electron chi connectivity index (χ1n) is 8.75. The predicted octanol–water partition coefficient (Wildman–Crippen LogP) is -0.286. The minimum Gasteiger partial charge on any atom is -0.304 e. The molecular formula is C15H30N6S. The Labute approximate surface area is 138 Å². The fraction of sp³-hybridized carbons (Fsp3) is 1.00. The number of nitrogens with one attached hydrogen (secondary N) is 3. The van der Waals surface area contributed by atoms with Crippen LogP contribution in [0.2, 0.25) is 0 Å². The van der Waals surface area contributed by atoms with E-state index < -0.39 is 0 Å². The van der Waals surface area contributed by atoms with Crippen molar-refractivity contribution in [1.82, 2.24) is 30.9 Å². The third kappa shape index (κ3) is 2.92. The summed E-state index contributed by atoms with van der Waals surface area (Å²) in [4.78, 5) is 5.21. The van der Waals surface area contributed by atoms with Crippen molar-refractivity contribution in [3.8, 4) is 0 Å². The van der Waals surface area contributed by atoms with Gasteiger partial charge in [0.2, 0.25) is 0 Å². The molecule has 3 N–H and O–H groups in total. The average Bonchev–Trinajstić information content (AvgIpc) is 2.95. The molecule has 0 aromatic carbocycles. The Morgan fingerprint density at radius 1 is 1.05 bits per heavy atom. The third-order valence-corrected chi connectivity index (χ3v) is 6.64. The molecule has 4 fully saturated rings. The summed E-state index contributed by atoms with van der Waals surface area (Å²) in [7, 11) is 2.24. The minimum atomic E-state index is 0.298. The van der Waals surface area contributed by atoms with E-state index in [1.54, 1.807) is 0 Å². The Balaban J connectivity index is 1.44. The van der Waals surface area contributed by atoms with Crippen molar-refractivity contribution in [2.45, 2.75) is 43.1 Å². The number of hydrazine groups is 1. The second-order valence-corrected chi connectivity index (χ2v) is 8.20. The molecule has 0 amide bonds. The first-order valence-corrected chi connectivity index (χ1v) is 10.0. The summed E-state index contributed by atoms with van der Waals surface area (Å²) in [5, 5.41) is 9.95. The zero-order valence-corrected chi connectivity index (χ0v) is 14.6. The molecular weight excluding hydrogens is 296 g/mol. The Hall–Kier alpha value is 0.110. The van der Waals surface area contributed by atoms with Gasteiger partial charge in [-0.2, -0.15) is 0 Å². The van der Waals surface area contributed by atoms with Crippen molar-refractivity contribution in [2.24, 2.45) is 5.92 Å². The van der Waals surface area contributed by atoms with Crippen LogP contribution in [-0.2, 0) is 0 Å². The Morgan fingerprint density at radius 2 is 1.86 bits per heavy atom. The molecule has 22 heavy (non-hydrogen) atoms. The van der Waals surface area contributed by atoms with E-state index in [0.29, 0.717) is 17.8 Å². The maximum Gasteiger partial charge on any atom is 0.129 e. The highest BCUT2D eigenvalue weighted by Crippen LogP contribution is 2.33. The van der Waals surface area contributed by atoms with Crippen LogP contribution in [0, 0.1) is 5.92 Å². The topological polar surface area (TPSA) is 45.8 Å². The molecule has 3 heterocycles. The van der Waals surface area contributed by atoms with Gasteiger partial charge < -0.3 is 4.90 Å². The summed E-state index contributed by atoms with van der Waals surface area (Å²) < 4.78 is 0. The number of likely N-dealkylation sites (N-methyl/N-ethyl adjacent to an activating group) is 1. The number of hydrogen-bond donors (Lipinski definition) is 3. The molecule has 6 nitrogen and oxygen atoms in total. The molecule has 126 valence electrons. The molecule has 0 bridgehead atoms. The first kappa shape index (κ1) is 15.6. The fourth-order valence-corrected chi connectivity index (χ4v) is 5.13. The molecule has 5 atom stereocenters. The summed E-state index contributed by atoms with van der Waals surface area (Å²) in [6.07, 6.45) is 6.58. The van der Waals surface area contributed by atoms with Crippen LogP contribution < -0.4 is 16.1 Å². The molecule has 7 heteroatoms. The van der Waals surface area contributed by atoms with Crippen molar-refractivity contribution in [1.29, 1.82) is 0 Å². The van der Waals surface area contributed by atoms with E-state index in [0.717, 1.165) is 12.0 Å². The summed E-state index contributed by atoms with van der Waals surface area (Å²) in [5.74, 6) is 0.782. The van der Waals surface area contributed by atoms with E-state index in [1.807, 2.05) is 11.8 Å². The van der Waals surface area contributed by atoms with Gasteiger partial charge in [-0.3, -0.25) is 15.5 Å². The van der Waals surface area contributed by atoms with E-state index in [-0.39, 0.29) is 0 Å². The van der Waals surface area contributed by atoms with E-state index in [1.165, 1.54) is 52.0 Å². The van der Waals surface area contributed by atoms with Crippen LogP contribution in [0.15, 0.2) is 0 Å². The lowest BCUT2D eigenvalue weighted by molar-refractivity contribution is -0.0194. The monoisotopic (exact) mass is 326 g/mol. The Morgan fingerprint density at radius 3 is 2.64 bits per heavy atom. The molecule has 4 aliphatic rings. The normalized spacial score (nSPS) is 44.7. The van der Waals surface area contributed by atoms with Crippen LogP contribution in [0.1, 0.15) is 19.3 Å². The molecule has 0 aromatic rings. The lowest BCUT2D eigenvalue weighted by Gasteiger charge is -2.51. The van der Waals surface area contributed by atoms with Gasteiger partial charge in [0.25, 0.3) is 0 Å². The molecule has 0 spiro atoms. The summed E-state index contributed by atoms with van der Waals surface area (Å²) in [6.45, 7) is 6.09. The smallest absolute Gasteiger partial charge is 0.129 e. The molecule has 5 unspecified atom stereocenters. The fourth-order valence-electron chi connectivity index (χ4n) is 4.63. The maximum atomic E-state index is 3.92. The van der Waals surface area contributed by atoms with E-state index in [4.69, 9.17) is 0 Å². The van der Waals surface area contributed by atoms with Gasteiger partial charge in [-0.1, -0.05) is 6.42 Å². The number of nitrogens with zero attached hydrogens (tertiary/aromatic N) is 3. The van der Waals surface area contributed by atoms with Crippen LogP contribution in [0.25, 0.3) is 0 Å².